The number of methoxy groups -OCH3 is 2. The van der Waals surface area contributed by atoms with Gasteiger partial charge in [0.1, 0.15) is 11.1 Å². The lowest BCUT2D eigenvalue weighted by atomic mass is 9.96. The van der Waals surface area contributed by atoms with E-state index in [4.69, 9.17) is 9.47 Å². The zero-order valence-electron chi connectivity index (χ0n) is 49.6. The predicted molar refractivity (Wildman–Crippen MR) is 320 cm³/mol. The number of carbonyl (C=O) groups excluding carboxylic acids is 4. The average Bonchev–Trinajstić information content (AvgIpc) is 4.37. The van der Waals surface area contributed by atoms with Gasteiger partial charge in [-0.15, -0.1) is 10.2 Å². The highest BCUT2D eigenvalue weighted by molar-refractivity contribution is 5.97. The molecule has 18 nitrogen and oxygen atoms in total. The lowest BCUT2D eigenvalue weighted by Gasteiger charge is -2.36. The van der Waals surface area contributed by atoms with Gasteiger partial charge in [0.15, 0.2) is 0 Å². The molecule has 6 atom stereocenters. The molecule has 0 N–H and O–H groups in total. The maximum atomic E-state index is 13.7. The van der Waals surface area contributed by atoms with E-state index < -0.39 is 11.9 Å². The summed E-state index contributed by atoms with van der Waals surface area (Å²) in [5.74, 6) is -0.106. The minimum Gasteiger partial charge on any atom is -0.465 e. The van der Waals surface area contributed by atoms with Crippen LogP contribution in [-0.2, 0) is 23.6 Å². The topological polar surface area (TPSA) is 190 Å². The van der Waals surface area contributed by atoms with Crippen molar-refractivity contribution < 1.29 is 28.7 Å². The van der Waals surface area contributed by atoms with Crippen LogP contribution in [0.1, 0.15) is 190 Å². The van der Waals surface area contributed by atoms with E-state index in [0.29, 0.717) is 23.2 Å². The molecule has 436 valence electrons. The first-order valence-electron chi connectivity index (χ1n) is 29.9. The van der Waals surface area contributed by atoms with Gasteiger partial charge < -0.3 is 19.3 Å². The maximum absolute atomic E-state index is 13.7. The molecule has 84 heavy (non-hydrogen) atoms. The first-order chi connectivity index (χ1) is 40.7. The first kappa shape index (κ1) is 57.3. The molecule has 2 saturated carbocycles. The van der Waals surface area contributed by atoms with Crippen LogP contribution in [0.3, 0.4) is 0 Å². The summed E-state index contributed by atoms with van der Waals surface area (Å²) in [6.07, 6.45) is 19.7. The van der Waals surface area contributed by atoms with E-state index in [9.17, 15) is 19.2 Å². The van der Waals surface area contributed by atoms with Crippen LogP contribution in [0.5, 0.6) is 0 Å². The molecule has 4 aliphatic rings. The number of esters is 2. The Morgan fingerprint density at radius 2 is 0.964 bits per heavy atom. The molecule has 0 unspecified atom stereocenters. The van der Waals surface area contributed by atoms with Crippen molar-refractivity contribution in [1.82, 2.24) is 59.3 Å². The van der Waals surface area contributed by atoms with Crippen molar-refractivity contribution in [2.75, 3.05) is 27.3 Å². The van der Waals surface area contributed by atoms with E-state index in [0.717, 1.165) is 156 Å². The van der Waals surface area contributed by atoms with Crippen LogP contribution >= 0.6 is 0 Å². The van der Waals surface area contributed by atoms with Gasteiger partial charge in [0, 0.05) is 86.5 Å². The van der Waals surface area contributed by atoms with Crippen LogP contribution in [-0.4, -0.2) is 122 Å². The zero-order valence-corrected chi connectivity index (χ0v) is 49.6. The number of benzene rings is 4. The molecular weight excluding hydrogens is 1060 g/mol. The van der Waals surface area contributed by atoms with Gasteiger partial charge >= 0.3 is 11.9 Å². The van der Waals surface area contributed by atoms with Gasteiger partial charge in [-0.1, -0.05) is 73.5 Å². The third-order valence-electron chi connectivity index (χ3n) is 17.2. The highest BCUT2D eigenvalue weighted by atomic mass is 16.5. The monoisotopic (exact) mass is 1130 g/mol. The standard InChI is InChI=1S/2C33H38N6O3/c2*1-5-9-25-12-6-7-13-38(25)32(40)23-11-8-10-22(16-23)24-14-21(2)15-26(17-24)39-31(29(19-34-39)33(41)42-4)28-18-27(28)30-20-37(3)36-35-30/h2*8,10-11,14-17,19-20,25,27-28H,5-7,9,12-13,18H2,1-4H3/t25-,27+,28+;25-,27-,28-/m11/s1. The molecule has 0 bridgehead atoms. The largest absolute Gasteiger partial charge is 0.465 e. The molecule has 0 spiro atoms. The van der Waals surface area contributed by atoms with Crippen LogP contribution < -0.4 is 0 Å². The van der Waals surface area contributed by atoms with E-state index in [1.807, 2.05) is 84.4 Å². The van der Waals surface area contributed by atoms with Crippen LogP contribution in [0.15, 0.2) is 110 Å². The average molecular weight is 1130 g/mol. The molecule has 18 heteroatoms. The molecule has 2 saturated heterocycles. The van der Waals surface area contributed by atoms with Gasteiger partial charge in [0.2, 0.25) is 0 Å². The Balaban J connectivity index is 0.000000175. The first-order valence-corrected chi connectivity index (χ1v) is 29.9. The van der Waals surface area contributed by atoms with E-state index in [1.165, 1.54) is 27.1 Å². The smallest absolute Gasteiger partial charge is 0.341 e. The Morgan fingerprint density at radius 1 is 0.536 bits per heavy atom. The molecule has 4 aromatic carbocycles. The van der Waals surface area contributed by atoms with Crippen LogP contribution in [0.4, 0.5) is 0 Å². The molecule has 2 aliphatic heterocycles. The quantitative estimate of drug-likeness (QED) is 0.0833. The fourth-order valence-corrected chi connectivity index (χ4v) is 13.0. The third kappa shape index (κ3) is 12.0. The van der Waals surface area contributed by atoms with Crippen molar-refractivity contribution in [3.63, 3.8) is 0 Å². The van der Waals surface area contributed by atoms with Crippen molar-refractivity contribution in [3.05, 3.63) is 166 Å². The number of rotatable bonds is 16. The van der Waals surface area contributed by atoms with Crippen molar-refractivity contribution in [2.24, 2.45) is 14.1 Å². The summed E-state index contributed by atoms with van der Waals surface area (Å²) in [6, 6.07) is 29.1. The number of hydrogen-bond donors (Lipinski definition) is 0. The van der Waals surface area contributed by atoms with Crippen molar-refractivity contribution >= 4 is 23.8 Å². The maximum Gasteiger partial charge on any atom is 0.341 e. The Hall–Kier alpha value is -8.54. The molecule has 6 heterocycles. The molecule has 2 amide bonds. The molecular formula is C66H76N12O6. The van der Waals surface area contributed by atoms with Crippen LogP contribution in [0.25, 0.3) is 33.6 Å². The minimum atomic E-state index is -0.403. The number of piperidine rings is 2. The number of nitrogens with zero attached hydrogens (tertiary/aromatic N) is 12. The molecule has 4 fully saturated rings. The van der Waals surface area contributed by atoms with Gasteiger partial charge in [-0.3, -0.25) is 19.0 Å². The van der Waals surface area contributed by atoms with Gasteiger partial charge in [0.05, 0.1) is 60.8 Å². The fourth-order valence-electron chi connectivity index (χ4n) is 13.0. The normalized spacial score (nSPS) is 20.0. The number of carbonyl (C=O) groups is 4. The summed E-state index contributed by atoms with van der Waals surface area (Å²) in [6.45, 7) is 10.1. The van der Waals surface area contributed by atoms with Gasteiger partial charge in [-0.25, -0.2) is 19.0 Å². The number of amides is 2. The lowest BCUT2D eigenvalue weighted by molar-refractivity contribution is 0.0590. The van der Waals surface area contributed by atoms with Gasteiger partial charge in [0.25, 0.3) is 11.8 Å². The summed E-state index contributed by atoms with van der Waals surface area (Å²) >= 11 is 0. The highest BCUT2D eigenvalue weighted by Gasteiger charge is 2.47. The summed E-state index contributed by atoms with van der Waals surface area (Å²) in [5, 5.41) is 26.2. The van der Waals surface area contributed by atoms with Gasteiger partial charge in [-0.05, 0) is 160 Å². The van der Waals surface area contributed by atoms with Crippen molar-refractivity contribution in [3.8, 4) is 33.6 Å². The Morgan fingerprint density at radius 3 is 1.35 bits per heavy atom. The summed E-state index contributed by atoms with van der Waals surface area (Å²) in [5.41, 5.74) is 13.6. The Bertz CT molecular complexity index is 3480. The lowest BCUT2D eigenvalue weighted by Crippen LogP contribution is -2.43. The SMILES string of the molecule is CCC[C@@H]1CCCCN1C(=O)c1cccc(-c2cc(C)cc(-n3ncc(C(=O)OC)c3[C@@H]3C[C@H]3c3cn(C)nn3)c2)c1.CCC[C@@H]1CCCCN1C(=O)c1cccc(-c2cc(C)cc(-n3ncc(C(=O)OC)c3[C@H]3C[C@@H]3c3cn(C)nn3)c2)c1. The molecule has 2 aliphatic carbocycles. The van der Waals surface area contributed by atoms with Crippen molar-refractivity contribution in [2.45, 2.75) is 141 Å². The second-order valence-electron chi connectivity index (χ2n) is 23.4. The predicted octanol–water partition coefficient (Wildman–Crippen LogP) is 11.7. The summed E-state index contributed by atoms with van der Waals surface area (Å²) in [7, 11) is 6.49. The molecule has 4 aromatic heterocycles. The minimum absolute atomic E-state index is 0.0730. The summed E-state index contributed by atoms with van der Waals surface area (Å²) < 4.78 is 17.4. The third-order valence-corrected chi connectivity index (χ3v) is 17.2. The van der Waals surface area contributed by atoms with E-state index >= 15 is 0 Å². The number of aryl methyl sites for hydroxylation is 4. The second kappa shape index (κ2) is 24.7. The molecule has 0 radical (unpaired) electrons. The Labute approximate surface area is 491 Å². The van der Waals surface area contributed by atoms with E-state index in [-0.39, 0.29) is 35.5 Å². The van der Waals surface area contributed by atoms with E-state index in [1.54, 1.807) is 21.8 Å². The highest BCUT2D eigenvalue weighted by Crippen LogP contribution is 2.56. The number of hydrogen-bond acceptors (Lipinski definition) is 12. The van der Waals surface area contributed by atoms with E-state index in [2.05, 4.69) is 105 Å². The molecule has 8 aromatic rings. The fraction of sp³-hybridized carbons (Fsp3) is 0.424. The summed E-state index contributed by atoms with van der Waals surface area (Å²) in [4.78, 5) is 57.0. The number of ether oxygens (including phenoxy) is 2. The van der Waals surface area contributed by atoms with Crippen molar-refractivity contribution in [1.29, 1.82) is 0 Å². The zero-order chi connectivity index (χ0) is 58.8. The van der Waals surface area contributed by atoms with Crippen LogP contribution in [0.2, 0.25) is 0 Å². The van der Waals surface area contributed by atoms with Gasteiger partial charge in [-0.2, -0.15) is 10.2 Å². The number of aromatic nitrogens is 10. The second-order valence-corrected chi connectivity index (χ2v) is 23.4. The molecule has 12 rings (SSSR count). The Kier molecular flexibility index (Phi) is 16.9. The van der Waals surface area contributed by atoms with Crippen LogP contribution in [0, 0.1) is 13.8 Å². The number of likely N-dealkylation sites (tertiary alicyclic amines) is 2.